The summed E-state index contributed by atoms with van der Waals surface area (Å²) in [6.45, 7) is 7.17. The van der Waals surface area contributed by atoms with Crippen LogP contribution in [0.25, 0.3) is 0 Å². The molecule has 0 aliphatic heterocycles. The fourth-order valence-electron chi connectivity index (χ4n) is 2.41. The Hall–Kier alpha value is -1.90. The molecule has 2 aromatic rings. The number of halogens is 1. The molecule has 0 unspecified atom stereocenters. The Morgan fingerprint density at radius 1 is 1.11 bits per heavy atom. The van der Waals surface area contributed by atoms with E-state index in [-0.39, 0.29) is 16.6 Å². The van der Waals surface area contributed by atoms with Crippen LogP contribution in [-0.2, 0) is 10.0 Å². The van der Waals surface area contributed by atoms with Crippen LogP contribution in [0.5, 0.6) is 5.75 Å². The van der Waals surface area contributed by atoms with E-state index in [1.54, 1.807) is 26.8 Å². The first-order chi connectivity index (χ1) is 12.4. The molecular weight excluding hydrogens is 432 g/mol. The summed E-state index contributed by atoms with van der Waals surface area (Å²) in [5.74, 6) is -0.255. The fraction of sp³-hybridized carbons (Fsp3) is 0.316. The van der Waals surface area contributed by atoms with Gasteiger partial charge in [-0.05, 0) is 69.7 Å². The van der Waals surface area contributed by atoms with E-state index in [0.29, 0.717) is 11.3 Å². The van der Waals surface area contributed by atoms with Gasteiger partial charge < -0.3 is 10.1 Å². The maximum atomic E-state index is 12.6. The molecule has 27 heavy (non-hydrogen) atoms. The molecule has 0 bridgehead atoms. The second-order valence-corrected chi connectivity index (χ2v) is 9.64. The number of methoxy groups -OCH3 is 1. The zero-order valence-corrected chi connectivity index (χ0v) is 18.3. The van der Waals surface area contributed by atoms with E-state index in [4.69, 9.17) is 4.74 Å². The maximum Gasteiger partial charge on any atom is 0.255 e. The van der Waals surface area contributed by atoms with Crippen molar-refractivity contribution < 1.29 is 17.9 Å². The summed E-state index contributed by atoms with van der Waals surface area (Å²) in [5.41, 5.74) is 1.28. The standard InChI is InChI=1S/C19H23BrN2O4S/c1-12-10-14(7-8-15(12)20)21-18(23)13-6-9-17(16(11-13)26-5)27(24,25)22-19(2,3)4/h6-11,22H,1-5H3,(H,21,23). The van der Waals surface area contributed by atoms with Crippen molar-refractivity contribution in [2.45, 2.75) is 38.1 Å². The zero-order valence-electron chi connectivity index (χ0n) is 15.9. The van der Waals surface area contributed by atoms with Crippen molar-refractivity contribution >= 4 is 37.5 Å². The average molecular weight is 455 g/mol. The average Bonchev–Trinajstić information content (AvgIpc) is 2.55. The molecule has 8 heteroatoms. The minimum atomic E-state index is -3.78. The van der Waals surface area contributed by atoms with Gasteiger partial charge in [0.15, 0.2) is 0 Å². The third-order valence-electron chi connectivity index (χ3n) is 3.57. The quantitative estimate of drug-likeness (QED) is 0.711. The van der Waals surface area contributed by atoms with E-state index in [2.05, 4.69) is 26.0 Å². The van der Waals surface area contributed by atoms with Gasteiger partial charge in [0.2, 0.25) is 10.0 Å². The Morgan fingerprint density at radius 2 is 1.78 bits per heavy atom. The molecule has 0 aliphatic carbocycles. The molecule has 2 N–H and O–H groups in total. The predicted octanol–water partition coefficient (Wildman–Crippen LogP) is 4.10. The fourth-order valence-corrected chi connectivity index (χ4v) is 4.23. The molecule has 0 saturated heterocycles. The molecule has 1 amide bonds. The van der Waals surface area contributed by atoms with E-state index >= 15 is 0 Å². The molecule has 0 fully saturated rings. The first-order valence-corrected chi connectivity index (χ1v) is 10.5. The van der Waals surface area contributed by atoms with Crippen molar-refractivity contribution in [3.8, 4) is 5.75 Å². The van der Waals surface area contributed by atoms with Crippen molar-refractivity contribution in [2.24, 2.45) is 0 Å². The highest BCUT2D eigenvalue weighted by Crippen LogP contribution is 2.27. The highest BCUT2D eigenvalue weighted by molar-refractivity contribution is 9.10. The Morgan fingerprint density at radius 3 is 2.33 bits per heavy atom. The molecule has 0 radical (unpaired) electrons. The van der Waals surface area contributed by atoms with Crippen LogP contribution in [0.4, 0.5) is 5.69 Å². The lowest BCUT2D eigenvalue weighted by atomic mass is 10.1. The van der Waals surface area contributed by atoms with Gasteiger partial charge in [0.25, 0.3) is 5.91 Å². The normalized spacial score (nSPS) is 11.9. The topological polar surface area (TPSA) is 84.5 Å². The van der Waals surface area contributed by atoms with Crippen molar-refractivity contribution in [1.82, 2.24) is 4.72 Å². The number of anilines is 1. The molecular formula is C19H23BrN2O4S. The highest BCUT2D eigenvalue weighted by Gasteiger charge is 2.26. The SMILES string of the molecule is COc1cc(C(=O)Nc2ccc(Br)c(C)c2)ccc1S(=O)(=O)NC(C)(C)C. The van der Waals surface area contributed by atoms with Gasteiger partial charge in [0, 0.05) is 21.3 Å². The van der Waals surface area contributed by atoms with Crippen molar-refractivity contribution in [2.75, 3.05) is 12.4 Å². The number of sulfonamides is 1. The molecule has 0 aromatic heterocycles. The van der Waals surface area contributed by atoms with Gasteiger partial charge in [-0.25, -0.2) is 13.1 Å². The van der Waals surface area contributed by atoms with Crippen molar-refractivity contribution in [3.63, 3.8) is 0 Å². The molecule has 2 rings (SSSR count). The van der Waals surface area contributed by atoms with Crippen LogP contribution in [0.2, 0.25) is 0 Å². The Kier molecular flexibility index (Phi) is 6.34. The van der Waals surface area contributed by atoms with E-state index < -0.39 is 15.6 Å². The van der Waals surface area contributed by atoms with Gasteiger partial charge in [-0.15, -0.1) is 0 Å². The second kappa shape index (κ2) is 8.00. The molecule has 0 atom stereocenters. The number of hydrogen-bond donors (Lipinski definition) is 2. The largest absolute Gasteiger partial charge is 0.495 e. The monoisotopic (exact) mass is 454 g/mol. The van der Waals surface area contributed by atoms with Gasteiger partial charge in [0.05, 0.1) is 7.11 Å². The van der Waals surface area contributed by atoms with E-state index in [0.717, 1.165) is 10.0 Å². The van der Waals surface area contributed by atoms with Gasteiger partial charge >= 0.3 is 0 Å². The molecule has 0 spiro atoms. The zero-order chi connectivity index (χ0) is 20.4. The number of nitrogens with one attached hydrogen (secondary N) is 2. The maximum absolute atomic E-state index is 12.6. The lowest BCUT2D eigenvalue weighted by Crippen LogP contribution is -2.40. The van der Waals surface area contributed by atoms with Crippen molar-refractivity contribution in [1.29, 1.82) is 0 Å². The number of ether oxygens (including phenoxy) is 1. The summed E-state index contributed by atoms with van der Waals surface area (Å²) < 4.78 is 33.9. The molecule has 146 valence electrons. The smallest absolute Gasteiger partial charge is 0.255 e. The summed E-state index contributed by atoms with van der Waals surface area (Å²) in [6.07, 6.45) is 0. The Bertz CT molecular complexity index is 966. The third-order valence-corrected chi connectivity index (χ3v) is 6.26. The summed E-state index contributed by atoms with van der Waals surface area (Å²) >= 11 is 3.41. The minimum Gasteiger partial charge on any atom is -0.495 e. The first-order valence-electron chi connectivity index (χ1n) is 8.22. The number of carbonyl (C=O) groups excluding carboxylic acids is 1. The summed E-state index contributed by atoms with van der Waals surface area (Å²) in [7, 11) is -2.42. The Labute approximate surface area is 168 Å². The predicted molar refractivity (Wildman–Crippen MR) is 110 cm³/mol. The highest BCUT2D eigenvalue weighted by atomic mass is 79.9. The number of carbonyl (C=O) groups is 1. The molecule has 0 saturated carbocycles. The third kappa shape index (κ3) is 5.54. The van der Waals surface area contributed by atoms with Crippen LogP contribution in [0.1, 0.15) is 36.7 Å². The van der Waals surface area contributed by atoms with Crippen LogP contribution in [-0.4, -0.2) is 27.0 Å². The van der Waals surface area contributed by atoms with Crippen LogP contribution in [0.15, 0.2) is 45.8 Å². The summed E-state index contributed by atoms with van der Waals surface area (Å²) in [5, 5.41) is 2.79. The molecule has 0 heterocycles. The minimum absolute atomic E-state index is 0.0176. The van der Waals surface area contributed by atoms with Crippen LogP contribution in [0.3, 0.4) is 0 Å². The van der Waals surface area contributed by atoms with E-state index in [1.165, 1.54) is 25.3 Å². The molecule has 2 aromatic carbocycles. The number of rotatable bonds is 5. The molecule has 6 nitrogen and oxygen atoms in total. The van der Waals surface area contributed by atoms with Gasteiger partial charge in [0.1, 0.15) is 10.6 Å². The van der Waals surface area contributed by atoms with Crippen LogP contribution < -0.4 is 14.8 Å². The van der Waals surface area contributed by atoms with E-state index in [9.17, 15) is 13.2 Å². The van der Waals surface area contributed by atoms with Crippen molar-refractivity contribution in [3.05, 3.63) is 52.0 Å². The lowest BCUT2D eigenvalue weighted by Gasteiger charge is -2.21. The lowest BCUT2D eigenvalue weighted by molar-refractivity contribution is 0.102. The van der Waals surface area contributed by atoms with Gasteiger partial charge in [-0.3, -0.25) is 4.79 Å². The number of aryl methyl sites for hydroxylation is 1. The van der Waals surface area contributed by atoms with E-state index in [1.807, 2.05) is 19.1 Å². The number of amides is 1. The number of benzene rings is 2. The summed E-state index contributed by atoms with van der Waals surface area (Å²) in [4.78, 5) is 12.5. The van der Waals surface area contributed by atoms with Gasteiger partial charge in [-0.1, -0.05) is 15.9 Å². The summed E-state index contributed by atoms with van der Waals surface area (Å²) in [6, 6.07) is 9.71. The first kappa shape index (κ1) is 21.4. The van der Waals surface area contributed by atoms with Crippen LogP contribution in [0, 0.1) is 6.92 Å². The second-order valence-electron chi connectivity index (χ2n) is 7.14. The number of hydrogen-bond acceptors (Lipinski definition) is 4. The van der Waals surface area contributed by atoms with Crippen LogP contribution >= 0.6 is 15.9 Å². The molecule has 0 aliphatic rings. The Balaban J connectivity index is 2.32. The van der Waals surface area contributed by atoms with Gasteiger partial charge in [-0.2, -0.15) is 0 Å².